The molecule has 1 aliphatic carbocycles. The fourth-order valence-electron chi connectivity index (χ4n) is 4.58. The molecule has 3 N–H and O–H groups in total. The van der Waals surface area contributed by atoms with Gasteiger partial charge >= 0.3 is 12.0 Å². The van der Waals surface area contributed by atoms with Crippen molar-refractivity contribution >= 4 is 30.2 Å². The first-order chi connectivity index (χ1) is 13.9. The van der Waals surface area contributed by atoms with Crippen molar-refractivity contribution in [3.8, 4) is 0 Å². The van der Waals surface area contributed by atoms with Crippen molar-refractivity contribution in [2.45, 2.75) is 50.5 Å². The lowest BCUT2D eigenvalue weighted by molar-refractivity contribution is -0.146. The lowest BCUT2D eigenvalue weighted by Crippen LogP contribution is -2.49. The summed E-state index contributed by atoms with van der Waals surface area (Å²) in [5.41, 5.74) is 7.51. The zero-order valence-electron chi connectivity index (χ0n) is 17.8. The highest BCUT2D eigenvalue weighted by atomic mass is 35.5. The summed E-state index contributed by atoms with van der Waals surface area (Å²) in [4.78, 5) is 28.5. The van der Waals surface area contributed by atoms with Gasteiger partial charge in [0.15, 0.2) is 0 Å². The molecule has 1 aromatic carbocycles. The molecule has 1 saturated carbocycles. The normalized spacial score (nSPS) is 22.0. The molecule has 1 aromatic rings. The molecular formula is C22H33ClN4O3. The summed E-state index contributed by atoms with van der Waals surface area (Å²) in [5.74, 6) is 0.363. The van der Waals surface area contributed by atoms with Crippen LogP contribution in [-0.4, -0.2) is 60.9 Å². The number of benzene rings is 1. The van der Waals surface area contributed by atoms with Gasteiger partial charge in [0.1, 0.15) is 5.84 Å². The lowest BCUT2D eigenvalue weighted by atomic mass is 9.85. The number of rotatable bonds is 4. The molecule has 0 spiro atoms. The number of esters is 1. The third-order valence-corrected chi connectivity index (χ3v) is 6.54. The van der Waals surface area contributed by atoms with E-state index in [-0.39, 0.29) is 42.2 Å². The molecule has 2 fully saturated rings. The topological polar surface area (TPSA) is 99.7 Å². The Hall–Kier alpha value is -2.28. The van der Waals surface area contributed by atoms with E-state index in [1.807, 2.05) is 41.1 Å². The van der Waals surface area contributed by atoms with Crippen LogP contribution in [0.25, 0.3) is 0 Å². The van der Waals surface area contributed by atoms with Crippen LogP contribution in [0.5, 0.6) is 0 Å². The third kappa shape index (κ3) is 5.45. The lowest BCUT2D eigenvalue weighted by Gasteiger charge is -2.39. The van der Waals surface area contributed by atoms with E-state index in [4.69, 9.17) is 15.9 Å². The van der Waals surface area contributed by atoms with Crippen LogP contribution in [-0.2, 0) is 9.53 Å². The fraction of sp³-hybridized carbons (Fsp3) is 0.591. The van der Waals surface area contributed by atoms with Gasteiger partial charge in [-0.1, -0.05) is 24.3 Å². The molecule has 0 aromatic heterocycles. The second-order valence-electron chi connectivity index (χ2n) is 8.22. The van der Waals surface area contributed by atoms with Crippen molar-refractivity contribution in [2.75, 3.05) is 27.2 Å². The molecule has 3 rings (SSSR count). The van der Waals surface area contributed by atoms with E-state index in [2.05, 4.69) is 0 Å². The average Bonchev–Trinajstić information content (AvgIpc) is 2.77. The minimum Gasteiger partial charge on any atom is -0.469 e. The van der Waals surface area contributed by atoms with Crippen molar-refractivity contribution in [3.05, 3.63) is 35.4 Å². The van der Waals surface area contributed by atoms with Gasteiger partial charge in [-0.2, -0.15) is 0 Å². The molecule has 166 valence electrons. The first-order valence-corrected chi connectivity index (χ1v) is 10.4. The van der Waals surface area contributed by atoms with Gasteiger partial charge in [0, 0.05) is 31.7 Å². The van der Waals surface area contributed by atoms with Crippen molar-refractivity contribution in [1.29, 1.82) is 5.41 Å². The number of urea groups is 1. The smallest absolute Gasteiger partial charge is 0.319 e. The summed E-state index contributed by atoms with van der Waals surface area (Å²) in [6.45, 7) is 1.50. The van der Waals surface area contributed by atoms with Crippen LogP contribution >= 0.6 is 12.4 Å². The number of nitrogens with zero attached hydrogens (tertiary/aromatic N) is 2. The van der Waals surface area contributed by atoms with Gasteiger partial charge in [-0.05, 0) is 50.0 Å². The van der Waals surface area contributed by atoms with Crippen LogP contribution in [0.15, 0.2) is 24.3 Å². The van der Waals surface area contributed by atoms with E-state index in [9.17, 15) is 9.59 Å². The summed E-state index contributed by atoms with van der Waals surface area (Å²) in [7, 11) is 3.32. The Morgan fingerprint density at radius 1 is 1.07 bits per heavy atom. The molecule has 0 radical (unpaired) electrons. The minimum atomic E-state index is -0.129. The Labute approximate surface area is 184 Å². The number of piperidine rings is 1. The third-order valence-electron chi connectivity index (χ3n) is 6.54. The SMILES string of the molecule is COC(=O)C1CCC(N(C)C(=O)N2CCC(c3ccc(C(=N)N)cc3)CC2)CC1.Cl. The molecule has 1 saturated heterocycles. The second kappa shape index (κ2) is 10.7. The molecule has 0 bridgehead atoms. The average molecular weight is 437 g/mol. The number of hydrogen-bond acceptors (Lipinski definition) is 4. The van der Waals surface area contributed by atoms with E-state index in [0.717, 1.165) is 57.2 Å². The molecule has 1 aliphatic heterocycles. The van der Waals surface area contributed by atoms with Crippen molar-refractivity contribution in [3.63, 3.8) is 0 Å². The number of halogens is 1. The van der Waals surface area contributed by atoms with Crippen LogP contribution < -0.4 is 5.73 Å². The number of amides is 2. The van der Waals surface area contributed by atoms with Crippen LogP contribution in [0.3, 0.4) is 0 Å². The van der Waals surface area contributed by atoms with E-state index in [1.165, 1.54) is 12.7 Å². The van der Waals surface area contributed by atoms with Crippen molar-refractivity contribution in [1.82, 2.24) is 9.80 Å². The van der Waals surface area contributed by atoms with Gasteiger partial charge in [0.05, 0.1) is 13.0 Å². The highest BCUT2D eigenvalue weighted by Crippen LogP contribution is 2.31. The highest BCUT2D eigenvalue weighted by molar-refractivity contribution is 5.94. The highest BCUT2D eigenvalue weighted by Gasteiger charge is 2.33. The summed E-state index contributed by atoms with van der Waals surface area (Å²) in [6.07, 6.45) is 5.14. The summed E-state index contributed by atoms with van der Waals surface area (Å²) in [6, 6.07) is 8.17. The standard InChI is InChI=1S/C22H32N4O3.ClH/c1-25(19-9-7-18(8-10-19)21(27)29-2)22(28)26-13-11-16(12-14-26)15-3-5-17(6-4-15)20(23)24;/h3-6,16,18-19H,7-14H2,1-2H3,(H3,23,24);1H. The Balaban J connectivity index is 0.00000320. The number of hydrogen-bond donors (Lipinski definition) is 2. The van der Waals surface area contributed by atoms with Crippen LogP contribution in [0, 0.1) is 11.3 Å². The molecule has 7 nitrogen and oxygen atoms in total. The number of carbonyl (C=O) groups is 2. The Morgan fingerprint density at radius 3 is 2.13 bits per heavy atom. The number of carbonyl (C=O) groups excluding carboxylic acids is 2. The van der Waals surface area contributed by atoms with Crippen LogP contribution in [0.2, 0.25) is 0 Å². The predicted molar refractivity (Wildman–Crippen MR) is 119 cm³/mol. The van der Waals surface area contributed by atoms with Crippen LogP contribution in [0.4, 0.5) is 4.79 Å². The Morgan fingerprint density at radius 2 is 1.63 bits per heavy atom. The molecule has 1 heterocycles. The number of likely N-dealkylation sites (tertiary alicyclic amines) is 1. The van der Waals surface area contributed by atoms with E-state index in [0.29, 0.717) is 5.92 Å². The van der Waals surface area contributed by atoms with Crippen molar-refractivity contribution < 1.29 is 14.3 Å². The van der Waals surface area contributed by atoms with Gasteiger partial charge in [0.2, 0.25) is 0 Å². The molecule has 30 heavy (non-hydrogen) atoms. The first-order valence-electron chi connectivity index (χ1n) is 10.4. The van der Waals surface area contributed by atoms with Gasteiger partial charge in [0.25, 0.3) is 0 Å². The van der Waals surface area contributed by atoms with Gasteiger partial charge < -0.3 is 20.3 Å². The molecule has 0 atom stereocenters. The summed E-state index contributed by atoms with van der Waals surface area (Å²) < 4.78 is 4.85. The molecule has 8 heteroatoms. The zero-order valence-corrected chi connectivity index (χ0v) is 18.6. The van der Waals surface area contributed by atoms with Gasteiger partial charge in [-0.25, -0.2) is 4.79 Å². The van der Waals surface area contributed by atoms with E-state index >= 15 is 0 Å². The number of methoxy groups -OCH3 is 1. The number of ether oxygens (including phenoxy) is 1. The van der Waals surface area contributed by atoms with Crippen LogP contribution in [0.1, 0.15) is 55.6 Å². The number of nitrogens with two attached hydrogens (primary N) is 1. The molecule has 0 unspecified atom stereocenters. The monoisotopic (exact) mass is 436 g/mol. The van der Waals surface area contributed by atoms with E-state index in [1.54, 1.807) is 0 Å². The maximum Gasteiger partial charge on any atom is 0.319 e. The Kier molecular flexibility index (Phi) is 8.53. The fourth-order valence-corrected chi connectivity index (χ4v) is 4.58. The van der Waals surface area contributed by atoms with Gasteiger partial charge in [-0.15, -0.1) is 12.4 Å². The zero-order chi connectivity index (χ0) is 21.0. The number of nitrogen functional groups attached to an aromatic ring is 1. The second-order valence-corrected chi connectivity index (χ2v) is 8.22. The van der Waals surface area contributed by atoms with Crippen molar-refractivity contribution in [2.24, 2.45) is 11.7 Å². The number of amidine groups is 1. The maximum absolute atomic E-state index is 13.0. The van der Waals surface area contributed by atoms with Gasteiger partial charge in [-0.3, -0.25) is 10.2 Å². The predicted octanol–water partition coefficient (Wildman–Crippen LogP) is 3.36. The number of nitrogens with one attached hydrogen (secondary N) is 1. The minimum absolute atomic E-state index is 0. The quantitative estimate of drug-likeness (QED) is 0.429. The largest absolute Gasteiger partial charge is 0.469 e. The summed E-state index contributed by atoms with van der Waals surface area (Å²) >= 11 is 0. The molecule has 2 amide bonds. The maximum atomic E-state index is 13.0. The Bertz CT molecular complexity index is 739. The van der Waals surface area contributed by atoms with E-state index < -0.39 is 0 Å². The molecular weight excluding hydrogens is 404 g/mol. The summed E-state index contributed by atoms with van der Waals surface area (Å²) in [5, 5.41) is 7.50. The molecule has 2 aliphatic rings. The first kappa shape index (κ1) is 24.0.